The molecule has 0 aromatic heterocycles. The molecule has 0 saturated heterocycles. The monoisotopic (exact) mass is 321 g/mol. The minimum atomic E-state index is -6.39. The van der Waals surface area contributed by atoms with Gasteiger partial charge in [0.05, 0.1) is 0 Å². The molecule has 0 bridgehead atoms. The largest absolute Gasteiger partial charge is 0.828 e. The molecule has 0 aliphatic heterocycles. The third kappa shape index (κ3) is 2.98. The van der Waals surface area contributed by atoms with Crippen LogP contribution in [0.1, 0.15) is 0 Å². The maximum Gasteiger partial charge on any atom is 0.399 e. The molecule has 0 heterocycles. The second-order valence-electron chi connectivity index (χ2n) is 3.52. The van der Waals surface area contributed by atoms with Gasteiger partial charge in [-0.1, -0.05) is 11.6 Å². The Morgan fingerprint density at radius 2 is 1.40 bits per heavy atom. The molecule has 0 aliphatic carbocycles. The van der Waals surface area contributed by atoms with E-state index in [0.29, 0.717) is 0 Å². The molecule has 10 heteroatoms. The summed E-state index contributed by atoms with van der Waals surface area (Å²) in [4.78, 5) is 11.0. The van der Waals surface area contributed by atoms with Crippen molar-refractivity contribution >= 4 is 17.6 Å². The van der Waals surface area contributed by atoms with E-state index >= 15 is 0 Å². The van der Waals surface area contributed by atoms with Crippen LogP contribution in [0.15, 0.2) is 24.3 Å². The highest BCUT2D eigenvalue weighted by Gasteiger charge is 2.68. The van der Waals surface area contributed by atoms with Crippen molar-refractivity contribution in [2.24, 2.45) is 0 Å². The van der Waals surface area contributed by atoms with E-state index in [1.807, 2.05) is 0 Å². The van der Waals surface area contributed by atoms with Crippen LogP contribution >= 0.6 is 11.6 Å². The summed E-state index contributed by atoms with van der Waals surface area (Å²) in [7, 11) is 0. The van der Waals surface area contributed by atoms with Crippen LogP contribution in [0.2, 0.25) is 5.02 Å². The maximum atomic E-state index is 12.3. The summed E-state index contributed by atoms with van der Waals surface area (Å²) in [5, 5.41) is 11.1. The fourth-order valence-electron chi connectivity index (χ4n) is 1.07. The van der Waals surface area contributed by atoms with Gasteiger partial charge < -0.3 is 9.84 Å². The molecular weight excluding hydrogens is 318 g/mol. The first kappa shape index (κ1) is 16.6. The van der Waals surface area contributed by atoms with Gasteiger partial charge in [0.1, 0.15) is 5.75 Å². The molecule has 0 amide bonds. The minimum Gasteiger partial charge on any atom is -0.828 e. The molecule has 112 valence electrons. The summed E-state index contributed by atoms with van der Waals surface area (Å²) < 4.78 is 77.4. The predicted molar refractivity (Wildman–Crippen MR) is 51.9 cm³/mol. The average molecular weight is 322 g/mol. The predicted octanol–water partition coefficient (Wildman–Crippen LogP) is 2.47. The molecular formula is C10H4ClF6O3-. The zero-order chi connectivity index (χ0) is 15.8. The lowest BCUT2D eigenvalue weighted by Crippen LogP contribution is -2.72. The first-order valence-electron chi connectivity index (χ1n) is 4.71. The van der Waals surface area contributed by atoms with Crippen LogP contribution in [0.3, 0.4) is 0 Å². The highest BCUT2D eigenvalue weighted by Crippen LogP contribution is 2.41. The lowest BCUT2D eigenvalue weighted by atomic mass is 10.0. The van der Waals surface area contributed by atoms with Crippen LogP contribution in [0.25, 0.3) is 0 Å². The third-order valence-corrected chi connectivity index (χ3v) is 2.36. The zero-order valence-electron chi connectivity index (χ0n) is 9.18. The molecule has 20 heavy (non-hydrogen) atoms. The van der Waals surface area contributed by atoms with E-state index in [4.69, 9.17) is 11.6 Å². The second kappa shape index (κ2) is 5.13. The van der Waals surface area contributed by atoms with Gasteiger partial charge in [-0.15, -0.1) is 0 Å². The van der Waals surface area contributed by atoms with Crippen LogP contribution in [0, 0.1) is 0 Å². The Morgan fingerprint density at radius 3 is 1.75 bits per heavy atom. The van der Waals surface area contributed by atoms with Gasteiger partial charge in [-0.25, -0.2) is 0 Å². The van der Waals surface area contributed by atoms with Crippen molar-refractivity contribution in [1.82, 2.24) is 0 Å². The van der Waals surface area contributed by atoms with Gasteiger partial charge in [-0.3, -0.25) is 4.79 Å². The lowest BCUT2D eigenvalue weighted by Gasteiger charge is -2.39. The van der Waals surface area contributed by atoms with Crippen LogP contribution in [-0.2, 0) is 4.79 Å². The molecule has 0 radical (unpaired) electrons. The first-order chi connectivity index (χ1) is 8.89. The van der Waals surface area contributed by atoms with Crippen molar-refractivity contribution < 1.29 is 41.0 Å². The summed E-state index contributed by atoms with van der Waals surface area (Å²) in [6.45, 7) is 0. The molecule has 0 atom stereocenters. The van der Waals surface area contributed by atoms with E-state index in [9.17, 15) is 36.2 Å². The number of alkyl halides is 6. The molecule has 0 spiro atoms. The average Bonchev–Trinajstić information content (AvgIpc) is 2.28. The number of hydrogen-bond acceptors (Lipinski definition) is 3. The fraction of sp³-hybridized carbons (Fsp3) is 0.300. The molecule has 1 rings (SSSR count). The molecule has 0 aliphatic rings. The minimum absolute atomic E-state index is 0.102. The SMILES string of the molecule is O=C(Oc1ccc(Cl)cc1)C([O-])(C(F)(F)F)C(F)(F)F. The van der Waals surface area contributed by atoms with E-state index in [1.165, 1.54) is 0 Å². The number of ether oxygens (including phenoxy) is 1. The standard InChI is InChI=1S/C10H4ClF6O3/c11-5-1-3-6(4-2-5)20-7(18)8(19,9(12,13)14)10(15,16)17/h1-4H/q-1. The van der Waals surface area contributed by atoms with Gasteiger partial charge in [-0.05, 0) is 24.3 Å². The Morgan fingerprint density at radius 1 is 1.00 bits per heavy atom. The molecule has 0 unspecified atom stereocenters. The van der Waals surface area contributed by atoms with Crippen LogP contribution in [-0.4, -0.2) is 23.9 Å². The Labute approximate surface area is 112 Å². The summed E-state index contributed by atoms with van der Waals surface area (Å²) in [5.41, 5.74) is -5.86. The van der Waals surface area contributed by atoms with Crippen LogP contribution < -0.4 is 9.84 Å². The summed E-state index contributed by atoms with van der Waals surface area (Å²) in [5.74, 6) is -3.69. The van der Waals surface area contributed by atoms with Crippen LogP contribution in [0.5, 0.6) is 5.75 Å². The summed E-state index contributed by atoms with van der Waals surface area (Å²) in [6, 6.07) is 3.79. The quantitative estimate of drug-likeness (QED) is 0.478. The number of carbonyl (C=O) groups is 1. The Bertz CT molecular complexity index is 479. The van der Waals surface area contributed by atoms with Crippen molar-refractivity contribution in [1.29, 1.82) is 0 Å². The summed E-state index contributed by atoms with van der Waals surface area (Å²) in [6.07, 6.45) is -12.8. The first-order valence-corrected chi connectivity index (χ1v) is 5.09. The van der Waals surface area contributed by atoms with Crippen molar-refractivity contribution in [2.75, 3.05) is 0 Å². The molecule has 1 aromatic carbocycles. The highest BCUT2D eigenvalue weighted by atomic mass is 35.5. The molecule has 0 fully saturated rings. The number of halogens is 7. The Kier molecular flexibility index (Phi) is 4.25. The Hall–Kier alpha value is -1.48. The number of hydrogen-bond donors (Lipinski definition) is 0. The molecule has 0 saturated carbocycles. The van der Waals surface area contributed by atoms with Gasteiger partial charge >= 0.3 is 18.3 Å². The third-order valence-electron chi connectivity index (χ3n) is 2.11. The van der Waals surface area contributed by atoms with Gasteiger partial charge in [0.25, 0.3) is 0 Å². The number of benzene rings is 1. The number of esters is 1. The normalized spacial score (nSPS) is 13.2. The van der Waals surface area contributed by atoms with Crippen molar-refractivity contribution in [3.8, 4) is 5.75 Å². The van der Waals surface area contributed by atoms with Crippen molar-refractivity contribution in [3.05, 3.63) is 29.3 Å². The lowest BCUT2D eigenvalue weighted by molar-refractivity contribution is -0.573. The highest BCUT2D eigenvalue weighted by molar-refractivity contribution is 6.30. The topological polar surface area (TPSA) is 49.4 Å². The molecule has 0 N–H and O–H groups in total. The number of carbonyl (C=O) groups excluding carboxylic acids is 1. The van der Waals surface area contributed by atoms with Crippen molar-refractivity contribution in [2.45, 2.75) is 18.0 Å². The molecule has 3 nitrogen and oxygen atoms in total. The van der Waals surface area contributed by atoms with E-state index in [0.717, 1.165) is 24.3 Å². The maximum absolute atomic E-state index is 12.3. The van der Waals surface area contributed by atoms with Gasteiger partial charge in [0, 0.05) is 5.02 Å². The molecule has 1 aromatic rings. The number of rotatable bonds is 2. The Balaban J connectivity index is 3.11. The van der Waals surface area contributed by atoms with E-state index < -0.39 is 29.7 Å². The summed E-state index contributed by atoms with van der Waals surface area (Å²) >= 11 is 5.42. The van der Waals surface area contributed by atoms with Gasteiger partial charge in [0.2, 0.25) is 0 Å². The van der Waals surface area contributed by atoms with Crippen LogP contribution in [0.4, 0.5) is 26.3 Å². The van der Waals surface area contributed by atoms with Crippen molar-refractivity contribution in [3.63, 3.8) is 0 Å². The second-order valence-corrected chi connectivity index (χ2v) is 3.96. The smallest absolute Gasteiger partial charge is 0.399 e. The van der Waals surface area contributed by atoms with E-state index in [-0.39, 0.29) is 5.02 Å². The van der Waals surface area contributed by atoms with Gasteiger partial charge in [0.15, 0.2) is 5.60 Å². The van der Waals surface area contributed by atoms with E-state index in [1.54, 1.807) is 0 Å². The fourth-order valence-corrected chi connectivity index (χ4v) is 1.20. The van der Waals surface area contributed by atoms with Gasteiger partial charge in [-0.2, -0.15) is 26.3 Å². The van der Waals surface area contributed by atoms with E-state index in [2.05, 4.69) is 4.74 Å². The zero-order valence-corrected chi connectivity index (χ0v) is 9.94.